The largest absolute Gasteiger partial charge is 0.490 e. The van der Waals surface area contributed by atoms with Crippen LogP contribution in [-0.4, -0.2) is 52.9 Å². The molecule has 8 nitrogen and oxygen atoms in total. The highest BCUT2D eigenvalue weighted by molar-refractivity contribution is 6.06. The first-order valence-corrected chi connectivity index (χ1v) is 13.1. The maximum Gasteiger partial charge on any atom is 0.490 e. The zero-order valence-electron chi connectivity index (χ0n) is 22.4. The Balaban J connectivity index is 0.000000559. The number of alkyl halides is 3. The van der Waals surface area contributed by atoms with Crippen molar-refractivity contribution in [2.24, 2.45) is 10.7 Å². The number of halogens is 3. The summed E-state index contributed by atoms with van der Waals surface area (Å²) in [5.41, 5.74) is 11.3. The van der Waals surface area contributed by atoms with E-state index in [1.54, 1.807) is 12.1 Å². The molecule has 1 unspecified atom stereocenters. The predicted molar refractivity (Wildman–Crippen MR) is 146 cm³/mol. The fourth-order valence-corrected chi connectivity index (χ4v) is 4.68. The maximum atomic E-state index is 13.1. The fraction of sp³-hybridized carbons (Fsp3) is 0.379. The second-order valence-electron chi connectivity index (χ2n) is 9.58. The number of aliphatic imine (C=N–C) groups is 1. The van der Waals surface area contributed by atoms with E-state index in [1.807, 2.05) is 29.2 Å². The first kappa shape index (κ1) is 30.4. The molecule has 0 saturated heterocycles. The number of aryl methyl sites for hydroxylation is 1. The van der Waals surface area contributed by atoms with E-state index in [4.69, 9.17) is 15.6 Å². The van der Waals surface area contributed by atoms with Crippen LogP contribution in [0.2, 0.25) is 0 Å². The molecule has 1 aliphatic carbocycles. The van der Waals surface area contributed by atoms with Crippen molar-refractivity contribution in [3.63, 3.8) is 0 Å². The van der Waals surface area contributed by atoms with Crippen LogP contribution in [0.25, 0.3) is 6.08 Å². The molecule has 2 aromatic rings. The molecule has 4 N–H and O–H groups in total. The van der Waals surface area contributed by atoms with Gasteiger partial charge in [-0.15, -0.1) is 0 Å². The van der Waals surface area contributed by atoms with Crippen molar-refractivity contribution in [1.82, 2.24) is 10.2 Å². The van der Waals surface area contributed by atoms with Crippen molar-refractivity contribution in [3.05, 3.63) is 70.3 Å². The van der Waals surface area contributed by atoms with Crippen molar-refractivity contribution in [3.8, 4) is 0 Å². The number of nitrogens with two attached hydrogens (primary N) is 1. The minimum Gasteiger partial charge on any atom is -0.475 e. The second-order valence-corrected chi connectivity index (χ2v) is 9.58. The Morgan fingerprint density at radius 3 is 2.38 bits per heavy atom. The summed E-state index contributed by atoms with van der Waals surface area (Å²) in [6.45, 7) is 5.58. The number of carbonyl (C=O) groups excluding carboxylic acids is 2. The van der Waals surface area contributed by atoms with Crippen LogP contribution in [-0.2, 0) is 16.0 Å². The lowest BCUT2D eigenvalue weighted by Gasteiger charge is -2.22. The average molecular weight is 559 g/mol. The number of hydrogen-bond acceptors (Lipinski definition) is 5. The highest BCUT2D eigenvalue weighted by Crippen LogP contribution is 2.32. The monoisotopic (exact) mass is 558 g/mol. The molecule has 0 aromatic heterocycles. The summed E-state index contributed by atoms with van der Waals surface area (Å²) in [5.74, 6) is -2.50. The van der Waals surface area contributed by atoms with Gasteiger partial charge in [0.2, 0.25) is 5.91 Å². The van der Waals surface area contributed by atoms with Crippen LogP contribution in [0.1, 0.15) is 72.6 Å². The van der Waals surface area contributed by atoms with Gasteiger partial charge < -0.3 is 21.1 Å². The molecule has 4 rings (SSSR count). The topological polar surface area (TPSA) is 125 Å². The lowest BCUT2D eigenvalue weighted by molar-refractivity contribution is -0.192. The van der Waals surface area contributed by atoms with Gasteiger partial charge in [-0.3, -0.25) is 9.59 Å². The number of amidine groups is 1. The Morgan fingerprint density at radius 1 is 1.10 bits per heavy atom. The summed E-state index contributed by atoms with van der Waals surface area (Å²) in [4.78, 5) is 41.4. The SMILES string of the molecule is CCCN(CCC)C(=O)C1=Cc2ccc(C(=O)NC3CCc4ccccc43)cc2N=C(N)C1.O=C(O)C(F)(F)F. The molecule has 0 radical (unpaired) electrons. The van der Waals surface area contributed by atoms with Gasteiger partial charge in [-0.2, -0.15) is 13.2 Å². The van der Waals surface area contributed by atoms with Crippen molar-refractivity contribution >= 4 is 35.4 Å². The third kappa shape index (κ3) is 7.71. The summed E-state index contributed by atoms with van der Waals surface area (Å²) in [6, 6.07) is 13.7. The molecule has 0 saturated carbocycles. The quantitative estimate of drug-likeness (QED) is 0.433. The number of amides is 2. The number of carbonyl (C=O) groups is 3. The number of rotatable bonds is 7. The molecule has 2 aromatic carbocycles. The van der Waals surface area contributed by atoms with Crippen LogP contribution < -0.4 is 11.1 Å². The van der Waals surface area contributed by atoms with Crippen molar-refractivity contribution in [2.45, 2.75) is 58.2 Å². The normalized spacial score (nSPS) is 15.8. The Bertz CT molecular complexity index is 1310. The molecule has 1 heterocycles. The van der Waals surface area contributed by atoms with Crippen molar-refractivity contribution < 1.29 is 32.7 Å². The highest BCUT2D eigenvalue weighted by Gasteiger charge is 2.38. The van der Waals surface area contributed by atoms with Gasteiger partial charge in [0, 0.05) is 36.2 Å². The van der Waals surface area contributed by atoms with Gasteiger partial charge in [0.1, 0.15) is 5.84 Å². The van der Waals surface area contributed by atoms with Crippen LogP contribution in [0.5, 0.6) is 0 Å². The fourth-order valence-electron chi connectivity index (χ4n) is 4.68. The van der Waals surface area contributed by atoms with Gasteiger partial charge >= 0.3 is 12.1 Å². The lowest BCUT2D eigenvalue weighted by Crippen LogP contribution is -2.34. The van der Waals surface area contributed by atoms with Crippen LogP contribution in [0.4, 0.5) is 18.9 Å². The Hall–Kier alpha value is -4.15. The Kier molecular flexibility index (Phi) is 10.1. The molecule has 0 fully saturated rings. The first-order valence-electron chi connectivity index (χ1n) is 13.1. The average Bonchev–Trinajstić information content (AvgIpc) is 3.22. The van der Waals surface area contributed by atoms with E-state index >= 15 is 0 Å². The molecule has 11 heteroatoms. The summed E-state index contributed by atoms with van der Waals surface area (Å²) in [7, 11) is 0. The molecule has 0 spiro atoms. The number of nitrogens with one attached hydrogen (secondary N) is 1. The molecule has 1 atom stereocenters. The summed E-state index contributed by atoms with van der Waals surface area (Å²) in [5, 5.41) is 10.3. The second kappa shape index (κ2) is 13.3. The van der Waals surface area contributed by atoms with Crippen LogP contribution in [0.15, 0.2) is 53.0 Å². The van der Waals surface area contributed by atoms with Gasteiger partial charge in [-0.25, -0.2) is 9.79 Å². The number of carboxylic acids is 1. The number of carboxylic acid groups (broad SMARTS) is 1. The zero-order valence-corrected chi connectivity index (χ0v) is 22.4. The van der Waals surface area contributed by atoms with E-state index in [0.29, 0.717) is 29.1 Å². The van der Waals surface area contributed by atoms with E-state index in [0.717, 1.165) is 44.3 Å². The van der Waals surface area contributed by atoms with Gasteiger partial charge in [0.15, 0.2) is 0 Å². The van der Waals surface area contributed by atoms with E-state index in [-0.39, 0.29) is 17.9 Å². The van der Waals surface area contributed by atoms with E-state index in [9.17, 15) is 22.8 Å². The summed E-state index contributed by atoms with van der Waals surface area (Å²) < 4.78 is 31.7. The first-order chi connectivity index (χ1) is 18.9. The lowest BCUT2D eigenvalue weighted by atomic mass is 10.0. The molecule has 214 valence electrons. The number of aliphatic carboxylic acids is 1. The highest BCUT2D eigenvalue weighted by atomic mass is 19.4. The van der Waals surface area contributed by atoms with Crippen molar-refractivity contribution in [1.29, 1.82) is 0 Å². The van der Waals surface area contributed by atoms with Crippen LogP contribution in [0.3, 0.4) is 0 Å². The smallest absolute Gasteiger partial charge is 0.475 e. The maximum absolute atomic E-state index is 13.1. The van der Waals surface area contributed by atoms with Gasteiger partial charge in [0.05, 0.1) is 11.7 Å². The molecule has 40 heavy (non-hydrogen) atoms. The third-order valence-electron chi connectivity index (χ3n) is 6.49. The van der Waals surface area contributed by atoms with Crippen molar-refractivity contribution in [2.75, 3.05) is 13.1 Å². The molecule has 2 amide bonds. The number of fused-ring (bicyclic) bond motifs is 2. The minimum absolute atomic E-state index is 0.00594. The Labute approximate surface area is 230 Å². The van der Waals surface area contributed by atoms with Gasteiger partial charge in [0.25, 0.3) is 5.91 Å². The summed E-state index contributed by atoms with van der Waals surface area (Å²) in [6.07, 6.45) is 0.778. The molecule has 2 aliphatic rings. The standard InChI is InChI=1S/C27H32N4O2.C2HF3O2/c1-3-13-31(14-4-2)27(33)21-15-19-9-10-20(16-24(19)29-25(28)17-21)26(32)30-23-12-11-18-7-5-6-8-22(18)23;3-2(4,5)1(6)7/h5-10,15-16,23H,3-4,11-14,17H2,1-2H3,(H2,28,29)(H,30,32);(H,6,7). The van der Waals surface area contributed by atoms with Gasteiger partial charge in [-0.05, 0) is 55.0 Å². The number of hydrogen-bond donors (Lipinski definition) is 3. The van der Waals surface area contributed by atoms with E-state index in [2.05, 4.69) is 36.3 Å². The molecular weight excluding hydrogens is 525 g/mol. The molecule has 1 aliphatic heterocycles. The summed E-state index contributed by atoms with van der Waals surface area (Å²) >= 11 is 0. The number of nitrogens with zero attached hydrogens (tertiary/aromatic N) is 2. The molecule has 0 bridgehead atoms. The van der Waals surface area contributed by atoms with Gasteiger partial charge in [-0.1, -0.05) is 44.2 Å². The minimum atomic E-state index is -5.08. The Morgan fingerprint density at radius 2 is 1.75 bits per heavy atom. The van der Waals surface area contributed by atoms with Crippen LogP contribution in [0, 0.1) is 0 Å². The van der Waals surface area contributed by atoms with E-state index < -0.39 is 12.1 Å². The number of benzene rings is 2. The predicted octanol–water partition coefficient (Wildman–Crippen LogP) is 5.16. The van der Waals surface area contributed by atoms with E-state index in [1.165, 1.54) is 11.1 Å². The zero-order chi connectivity index (χ0) is 29.4. The third-order valence-corrected chi connectivity index (χ3v) is 6.49. The molecular formula is C29H33F3N4O4. The van der Waals surface area contributed by atoms with Crippen LogP contribution >= 0.6 is 0 Å².